The van der Waals surface area contributed by atoms with E-state index < -0.39 is 0 Å². The van der Waals surface area contributed by atoms with Gasteiger partial charge in [-0.3, -0.25) is 4.90 Å². The number of nitrogens with zero attached hydrogens (tertiary/aromatic N) is 1. The number of benzene rings is 1. The minimum absolute atomic E-state index is 0.399. The van der Waals surface area contributed by atoms with Crippen LogP contribution >= 0.6 is 11.8 Å². The maximum atomic E-state index is 3.80. The molecule has 2 fully saturated rings. The van der Waals surface area contributed by atoms with Crippen LogP contribution in [-0.4, -0.2) is 35.5 Å². The second-order valence-corrected chi connectivity index (χ2v) is 8.34. The number of nitrogens with one attached hydrogen (secondary N) is 1. The second kappa shape index (κ2) is 6.62. The van der Waals surface area contributed by atoms with Crippen molar-refractivity contribution >= 4 is 17.4 Å². The largest absolute Gasteiger partial charge is 0.381 e. The first-order chi connectivity index (χ1) is 10.1. The maximum absolute atomic E-state index is 3.80. The zero-order valence-electron chi connectivity index (χ0n) is 13.4. The lowest BCUT2D eigenvalue weighted by Gasteiger charge is -2.39. The zero-order valence-corrected chi connectivity index (χ0v) is 14.2. The molecule has 2 aliphatic rings. The molecule has 2 nitrogen and oxygen atoms in total. The fourth-order valence-electron chi connectivity index (χ4n) is 3.33. The summed E-state index contributed by atoms with van der Waals surface area (Å²) in [5, 5.41) is 3.80. The Balaban J connectivity index is 1.65. The van der Waals surface area contributed by atoms with Crippen molar-refractivity contribution in [1.29, 1.82) is 0 Å². The van der Waals surface area contributed by atoms with Crippen LogP contribution in [0.3, 0.4) is 0 Å². The molecule has 1 aromatic rings. The van der Waals surface area contributed by atoms with Crippen molar-refractivity contribution < 1.29 is 0 Å². The molecular weight excluding hydrogens is 276 g/mol. The van der Waals surface area contributed by atoms with Gasteiger partial charge >= 0.3 is 0 Å². The van der Waals surface area contributed by atoms with Crippen LogP contribution < -0.4 is 5.32 Å². The first kappa shape index (κ1) is 15.2. The minimum Gasteiger partial charge on any atom is -0.381 e. The molecule has 0 spiro atoms. The Kier molecular flexibility index (Phi) is 4.80. The van der Waals surface area contributed by atoms with E-state index in [1.54, 1.807) is 0 Å². The van der Waals surface area contributed by atoms with Gasteiger partial charge in [0.1, 0.15) is 0 Å². The van der Waals surface area contributed by atoms with Gasteiger partial charge in [0.25, 0.3) is 0 Å². The quantitative estimate of drug-likeness (QED) is 0.896. The highest BCUT2D eigenvalue weighted by atomic mass is 32.2. The summed E-state index contributed by atoms with van der Waals surface area (Å²) in [6.07, 6.45) is 4.04. The van der Waals surface area contributed by atoms with Gasteiger partial charge in [-0.25, -0.2) is 0 Å². The highest BCUT2D eigenvalue weighted by Crippen LogP contribution is 2.36. The number of thioether (sulfide) groups is 1. The standard InChI is InChI=1S/C18H28N2S/c1-18(2)8-11-21-14-17(18)19-16-7-5-6-15(12-16)13-20-9-3-4-10-20/h5-7,12,17,19H,3-4,8-11,13-14H2,1-2H3. The van der Waals surface area contributed by atoms with E-state index in [9.17, 15) is 0 Å². The molecule has 2 aliphatic heterocycles. The molecule has 0 bridgehead atoms. The molecule has 3 rings (SSSR count). The van der Waals surface area contributed by atoms with Crippen LogP contribution in [0.4, 0.5) is 5.69 Å². The first-order valence-electron chi connectivity index (χ1n) is 8.29. The molecule has 1 aromatic carbocycles. The fraction of sp³-hybridized carbons (Fsp3) is 0.667. The summed E-state index contributed by atoms with van der Waals surface area (Å²) >= 11 is 2.08. The third kappa shape index (κ3) is 3.95. The lowest BCUT2D eigenvalue weighted by atomic mass is 9.82. The Hall–Kier alpha value is -0.670. The summed E-state index contributed by atoms with van der Waals surface area (Å²) in [7, 11) is 0. The van der Waals surface area contributed by atoms with Crippen molar-refractivity contribution in [2.75, 3.05) is 29.9 Å². The molecule has 0 aliphatic carbocycles. The van der Waals surface area contributed by atoms with Gasteiger partial charge in [0.2, 0.25) is 0 Å². The summed E-state index contributed by atoms with van der Waals surface area (Å²) in [5.74, 6) is 2.53. The average Bonchev–Trinajstić information content (AvgIpc) is 2.94. The molecule has 1 N–H and O–H groups in total. The highest BCUT2D eigenvalue weighted by Gasteiger charge is 2.32. The van der Waals surface area contributed by atoms with Crippen LogP contribution in [0.15, 0.2) is 24.3 Å². The van der Waals surface area contributed by atoms with Crippen molar-refractivity contribution in [2.24, 2.45) is 5.41 Å². The lowest BCUT2D eigenvalue weighted by molar-refractivity contribution is 0.305. The van der Waals surface area contributed by atoms with Gasteiger partial charge in [-0.15, -0.1) is 0 Å². The maximum Gasteiger partial charge on any atom is 0.0403 e. The Bertz CT molecular complexity index is 466. The normalized spacial score (nSPS) is 25.9. The number of likely N-dealkylation sites (tertiary alicyclic amines) is 1. The summed E-state index contributed by atoms with van der Waals surface area (Å²) in [5.41, 5.74) is 3.14. The van der Waals surface area contributed by atoms with E-state index in [0.29, 0.717) is 11.5 Å². The predicted octanol–water partition coefficient (Wildman–Crippen LogP) is 4.23. The van der Waals surface area contributed by atoms with Gasteiger partial charge in [0.15, 0.2) is 0 Å². The summed E-state index contributed by atoms with van der Waals surface area (Å²) in [6.45, 7) is 8.45. The van der Waals surface area contributed by atoms with Crippen molar-refractivity contribution in [3.8, 4) is 0 Å². The molecule has 0 aromatic heterocycles. The smallest absolute Gasteiger partial charge is 0.0403 e. The lowest BCUT2D eigenvalue weighted by Crippen LogP contribution is -2.41. The summed E-state index contributed by atoms with van der Waals surface area (Å²) in [4.78, 5) is 2.57. The first-order valence-corrected chi connectivity index (χ1v) is 9.44. The van der Waals surface area contributed by atoms with E-state index in [-0.39, 0.29) is 0 Å². The van der Waals surface area contributed by atoms with Crippen LogP contribution in [0.25, 0.3) is 0 Å². The van der Waals surface area contributed by atoms with Crippen LogP contribution in [-0.2, 0) is 6.54 Å². The Morgan fingerprint density at radius 2 is 2.10 bits per heavy atom. The molecule has 116 valence electrons. The Morgan fingerprint density at radius 1 is 1.29 bits per heavy atom. The van der Waals surface area contributed by atoms with Crippen LogP contribution in [0, 0.1) is 5.41 Å². The molecule has 0 amide bonds. The van der Waals surface area contributed by atoms with E-state index >= 15 is 0 Å². The van der Waals surface area contributed by atoms with E-state index in [1.807, 2.05) is 0 Å². The van der Waals surface area contributed by atoms with Crippen molar-refractivity contribution in [2.45, 2.75) is 45.7 Å². The third-order valence-electron chi connectivity index (χ3n) is 4.99. The Labute approximate surface area is 133 Å². The van der Waals surface area contributed by atoms with Crippen molar-refractivity contribution in [3.63, 3.8) is 0 Å². The van der Waals surface area contributed by atoms with Gasteiger partial charge < -0.3 is 5.32 Å². The zero-order chi connectivity index (χ0) is 14.7. The van der Waals surface area contributed by atoms with E-state index in [1.165, 1.54) is 55.1 Å². The van der Waals surface area contributed by atoms with Crippen molar-refractivity contribution in [3.05, 3.63) is 29.8 Å². The van der Waals surface area contributed by atoms with Gasteiger partial charge in [0, 0.05) is 24.0 Å². The summed E-state index contributed by atoms with van der Waals surface area (Å²) < 4.78 is 0. The molecule has 2 saturated heterocycles. The monoisotopic (exact) mass is 304 g/mol. The molecule has 3 heteroatoms. The van der Waals surface area contributed by atoms with Crippen molar-refractivity contribution in [1.82, 2.24) is 4.90 Å². The number of rotatable bonds is 4. The van der Waals surface area contributed by atoms with E-state index in [0.717, 1.165) is 6.54 Å². The second-order valence-electron chi connectivity index (χ2n) is 7.19. The predicted molar refractivity (Wildman–Crippen MR) is 94.1 cm³/mol. The SMILES string of the molecule is CC1(C)CCSCC1Nc1cccc(CN2CCCC2)c1. The van der Waals surface area contributed by atoms with Crippen LogP contribution in [0.2, 0.25) is 0 Å². The molecule has 0 saturated carbocycles. The highest BCUT2D eigenvalue weighted by molar-refractivity contribution is 7.99. The van der Waals surface area contributed by atoms with Gasteiger partial charge in [0.05, 0.1) is 0 Å². The van der Waals surface area contributed by atoms with Gasteiger partial charge in [-0.1, -0.05) is 26.0 Å². The number of anilines is 1. The van der Waals surface area contributed by atoms with Crippen LogP contribution in [0.5, 0.6) is 0 Å². The topological polar surface area (TPSA) is 15.3 Å². The average molecular weight is 305 g/mol. The Morgan fingerprint density at radius 3 is 2.86 bits per heavy atom. The van der Waals surface area contributed by atoms with Crippen LogP contribution in [0.1, 0.15) is 38.7 Å². The van der Waals surface area contributed by atoms with E-state index in [2.05, 4.69) is 60.1 Å². The fourth-order valence-corrected chi connectivity index (χ4v) is 4.94. The van der Waals surface area contributed by atoms with E-state index in [4.69, 9.17) is 0 Å². The molecular formula is C18H28N2S. The summed E-state index contributed by atoms with van der Waals surface area (Å²) in [6, 6.07) is 9.63. The van der Waals surface area contributed by atoms with Gasteiger partial charge in [-0.05, 0) is 61.2 Å². The number of hydrogen-bond acceptors (Lipinski definition) is 3. The minimum atomic E-state index is 0.399. The molecule has 1 atom stereocenters. The molecule has 21 heavy (non-hydrogen) atoms. The number of hydrogen-bond donors (Lipinski definition) is 1. The third-order valence-corrected chi connectivity index (χ3v) is 6.05. The molecule has 0 radical (unpaired) electrons. The van der Waals surface area contributed by atoms with Gasteiger partial charge in [-0.2, -0.15) is 11.8 Å². The molecule has 1 unspecified atom stereocenters. The molecule has 2 heterocycles.